The number of para-hydroxylation sites is 1. The van der Waals surface area contributed by atoms with E-state index in [1.807, 2.05) is 47.4 Å². The van der Waals surface area contributed by atoms with Crippen molar-refractivity contribution in [2.45, 2.75) is 50.5 Å². The van der Waals surface area contributed by atoms with Crippen LogP contribution in [-0.2, 0) is 16.8 Å². The van der Waals surface area contributed by atoms with E-state index >= 15 is 0 Å². The van der Waals surface area contributed by atoms with Crippen LogP contribution >= 0.6 is 0 Å². The van der Waals surface area contributed by atoms with E-state index in [-0.39, 0.29) is 29.1 Å². The van der Waals surface area contributed by atoms with E-state index in [0.717, 1.165) is 60.9 Å². The predicted molar refractivity (Wildman–Crippen MR) is 193 cm³/mol. The van der Waals surface area contributed by atoms with Crippen molar-refractivity contribution in [3.63, 3.8) is 0 Å². The molecule has 2 aliphatic carbocycles. The summed E-state index contributed by atoms with van der Waals surface area (Å²) in [5.41, 5.74) is 6.51. The molecule has 2 saturated carbocycles. The van der Waals surface area contributed by atoms with Gasteiger partial charge in [0.15, 0.2) is 11.5 Å². The van der Waals surface area contributed by atoms with Gasteiger partial charge in [-0.3, -0.25) is 14.4 Å². The fraction of sp³-hybridized carbons (Fsp3) is 0.333. The zero-order valence-electron chi connectivity index (χ0n) is 29.0. The Balaban J connectivity index is 1.12. The number of benzene rings is 2. The molecular formula is C39H40N8O4. The molecule has 0 saturated heterocycles. The molecule has 0 unspecified atom stereocenters. The molecule has 1 spiro atoms. The van der Waals surface area contributed by atoms with Crippen LogP contribution in [0.25, 0.3) is 16.8 Å². The molecule has 3 aliphatic rings. The van der Waals surface area contributed by atoms with E-state index in [4.69, 9.17) is 4.74 Å². The van der Waals surface area contributed by atoms with Gasteiger partial charge in [-0.15, -0.1) is 5.10 Å². The third-order valence-corrected chi connectivity index (χ3v) is 10.3. The van der Waals surface area contributed by atoms with Crippen LogP contribution in [0.4, 0.5) is 17.2 Å². The Labute approximate surface area is 295 Å². The number of carbonyl (C=O) groups excluding carboxylic acids is 3. The Morgan fingerprint density at radius 3 is 2.57 bits per heavy atom. The average molecular weight is 685 g/mol. The molecule has 2 aromatic carbocycles. The molecule has 0 radical (unpaired) electrons. The number of amides is 3. The van der Waals surface area contributed by atoms with Gasteiger partial charge in [0, 0.05) is 61.6 Å². The maximum absolute atomic E-state index is 14.1. The first kappa shape index (κ1) is 32.4. The summed E-state index contributed by atoms with van der Waals surface area (Å²) in [5, 5.41) is 11.0. The number of nitrogens with zero attached hydrogens (tertiary/aromatic N) is 6. The Hall–Kier alpha value is -5.78. The third-order valence-electron chi connectivity index (χ3n) is 10.3. The second-order valence-corrected chi connectivity index (χ2v) is 14.0. The topological polar surface area (TPSA) is 134 Å². The van der Waals surface area contributed by atoms with Crippen LogP contribution < -0.4 is 15.4 Å². The molecule has 3 aromatic heterocycles. The van der Waals surface area contributed by atoms with E-state index in [1.165, 1.54) is 4.90 Å². The molecule has 5 aromatic rings. The predicted octanol–water partition coefficient (Wildman–Crippen LogP) is 6.06. The highest BCUT2D eigenvalue weighted by Crippen LogP contribution is 2.48. The molecular weight excluding hydrogens is 644 g/mol. The summed E-state index contributed by atoms with van der Waals surface area (Å²) in [6.45, 7) is 0.930. The number of hydrogen-bond acceptors (Lipinski definition) is 8. The van der Waals surface area contributed by atoms with E-state index in [0.29, 0.717) is 52.9 Å². The number of carbonyl (C=O) groups is 3. The normalized spacial score (nSPS) is 16.3. The Bertz CT molecular complexity index is 2180. The number of aromatic nitrogens is 4. The van der Waals surface area contributed by atoms with Crippen LogP contribution in [0.5, 0.6) is 5.75 Å². The monoisotopic (exact) mass is 684 g/mol. The number of ether oxygens (including phenoxy) is 1. The van der Waals surface area contributed by atoms with Gasteiger partial charge in [0.1, 0.15) is 11.4 Å². The van der Waals surface area contributed by atoms with Crippen LogP contribution in [-0.4, -0.2) is 74.9 Å². The van der Waals surface area contributed by atoms with E-state index in [1.54, 1.807) is 50.2 Å². The summed E-state index contributed by atoms with van der Waals surface area (Å²) < 4.78 is 7.69. The lowest BCUT2D eigenvalue weighted by atomic mass is 9.72. The van der Waals surface area contributed by atoms with Gasteiger partial charge in [0.2, 0.25) is 5.91 Å². The van der Waals surface area contributed by atoms with E-state index in [9.17, 15) is 14.4 Å². The van der Waals surface area contributed by atoms with Crippen molar-refractivity contribution in [1.82, 2.24) is 29.4 Å². The minimum absolute atomic E-state index is 0.0242. The summed E-state index contributed by atoms with van der Waals surface area (Å²) in [6, 6.07) is 19.3. The maximum Gasteiger partial charge on any atom is 0.271 e. The SMILES string of the molecule is COc1c(Nc2cc(NC(=O)C3CC3)nn3ccnc23)cccc1-c1ccc2c(c1)C1(CCCC1)CN(Cc1cccc(C(=O)N(C)C)n1)C2=O. The molecule has 1 aliphatic heterocycles. The molecule has 8 rings (SSSR count). The number of methoxy groups -OCH3 is 1. The highest BCUT2D eigenvalue weighted by atomic mass is 16.5. The van der Waals surface area contributed by atoms with Gasteiger partial charge in [-0.2, -0.15) is 0 Å². The smallest absolute Gasteiger partial charge is 0.271 e. The van der Waals surface area contributed by atoms with Gasteiger partial charge in [-0.25, -0.2) is 14.5 Å². The number of fused-ring (bicyclic) bond motifs is 3. The Kier molecular flexibility index (Phi) is 8.16. The van der Waals surface area contributed by atoms with Crippen molar-refractivity contribution in [3.8, 4) is 16.9 Å². The molecule has 12 heteroatoms. The van der Waals surface area contributed by atoms with Crippen LogP contribution in [0, 0.1) is 5.92 Å². The molecule has 260 valence electrons. The molecule has 2 fully saturated rings. The number of anilines is 3. The van der Waals surface area contributed by atoms with Crippen LogP contribution in [0.1, 0.15) is 70.6 Å². The Morgan fingerprint density at radius 2 is 1.80 bits per heavy atom. The van der Waals surface area contributed by atoms with Gasteiger partial charge in [-0.1, -0.05) is 37.1 Å². The molecule has 0 bridgehead atoms. The first-order chi connectivity index (χ1) is 24.7. The quantitative estimate of drug-likeness (QED) is 0.191. The molecule has 2 N–H and O–H groups in total. The molecule has 0 atom stereocenters. The van der Waals surface area contributed by atoms with Gasteiger partial charge >= 0.3 is 0 Å². The standard InChI is InChI=1S/C39H40N8O4/c1-45(2)38(50)31-11-6-8-26(41-31)22-46-23-39(16-4-5-17-39)29-20-25(14-15-28(29)37(46)49)27-9-7-10-30(34(27)51-3)42-32-21-33(43-36(48)24-12-13-24)44-47-19-18-40-35(32)47/h6-11,14-15,18-21,24,42H,4-5,12-13,16-17,22-23H2,1-3H3,(H,43,44,48). The fourth-order valence-electron chi connectivity index (χ4n) is 7.62. The van der Waals surface area contributed by atoms with E-state index < -0.39 is 0 Å². The van der Waals surface area contributed by atoms with Gasteiger partial charge < -0.3 is 25.2 Å². The zero-order chi connectivity index (χ0) is 35.3. The van der Waals surface area contributed by atoms with E-state index in [2.05, 4.69) is 31.8 Å². The van der Waals surface area contributed by atoms with Crippen molar-refractivity contribution in [1.29, 1.82) is 0 Å². The van der Waals surface area contributed by atoms with Crippen molar-refractivity contribution in [2.24, 2.45) is 5.92 Å². The second-order valence-electron chi connectivity index (χ2n) is 14.0. The van der Waals surface area contributed by atoms with Crippen LogP contribution in [0.3, 0.4) is 0 Å². The minimum Gasteiger partial charge on any atom is -0.494 e. The summed E-state index contributed by atoms with van der Waals surface area (Å²) in [4.78, 5) is 51.7. The Morgan fingerprint density at radius 1 is 1.00 bits per heavy atom. The largest absolute Gasteiger partial charge is 0.494 e. The second kappa shape index (κ2) is 12.8. The van der Waals surface area contributed by atoms with Crippen LogP contribution in [0.2, 0.25) is 0 Å². The van der Waals surface area contributed by atoms with Crippen molar-refractivity contribution >= 4 is 40.6 Å². The number of imidazole rings is 1. The minimum atomic E-state index is -0.177. The summed E-state index contributed by atoms with van der Waals surface area (Å²) in [7, 11) is 5.06. The van der Waals surface area contributed by atoms with Crippen LogP contribution in [0.15, 0.2) is 73.1 Å². The number of nitrogens with one attached hydrogen (secondary N) is 2. The number of hydrogen-bond donors (Lipinski definition) is 2. The third kappa shape index (κ3) is 6.04. The molecule has 4 heterocycles. The molecule has 12 nitrogen and oxygen atoms in total. The number of rotatable bonds is 9. The summed E-state index contributed by atoms with van der Waals surface area (Å²) >= 11 is 0. The van der Waals surface area contributed by atoms with Gasteiger partial charge in [0.05, 0.1) is 30.7 Å². The van der Waals surface area contributed by atoms with Crippen molar-refractivity contribution in [2.75, 3.05) is 38.4 Å². The zero-order valence-corrected chi connectivity index (χ0v) is 29.0. The lowest BCUT2D eigenvalue weighted by Gasteiger charge is -2.42. The fourth-order valence-corrected chi connectivity index (χ4v) is 7.62. The maximum atomic E-state index is 14.1. The van der Waals surface area contributed by atoms with Gasteiger partial charge in [-0.05, 0) is 67.1 Å². The number of pyridine rings is 1. The first-order valence-corrected chi connectivity index (χ1v) is 17.4. The first-order valence-electron chi connectivity index (χ1n) is 17.4. The average Bonchev–Trinajstić information content (AvgIpc) is 3.71. The summed E-state index contributed by atoms with van der Waals surface area (Å²) in [6.07, 6.45) is 9.37. The molecule has 51 heavy (non-hydrogen) atoms. The molecule has 3 amide bonds. The highest BCUT2D eigenvalue weighted by molar-refractivity contribution is 5.99. The summed E-state index contributed by atoms with van der Waals surface area (Å²) in [5.74, 6) is 0.906. The lowest BCUT2D eigenvalue weighted by Crippen LogP contribution is -2.48. The van der Waals surface area contributed by atoms with Gasteiger partial charge in [0.25, 0.3) is 11.8 Å². The van der Waals surface area contributed by atoms with Crippen molar-refractivity contribution in [3.05, 3.63) is 95.6 Å². The lowest BCUT2D eigenvalue weighted by molar-refractivity contribution is -0.117. The highest BCUT2D eigenvalue weighted by Gasteiger charge is 2.45. The van der Waals surface area contributed by atoms with Crippen molar-refractivity contribution < 1.29 is 19.1 Å².